The summed E-state index contributed by atoms with van der Waals surface area (Å²) in [5.74, 6) is -1.07. The minimum atomic E-state index is -0.553. The number of amides is 1. The van der Waals surface area contributed by atoms with E-state index in [1.54, 1.807) is 29.2 Å². The number of ether oxygens (including phenoxy) is 1. The summed E-state index contributed by atoms with van der Waals surface area (Å²) in [4.78, 5) is 38.3. The summed E-state index contributed by atoms with van der Waals surface area (Å²) in [6, 6.07) is 12.5. The van der Waals surface area contributed by atoms with Crippen LogP contribution in [0.1, 0.15) is 34.8 Å². The van der Waals surface area contributed by atoms with Gasteiger partial charge in [0.2, 0.25) is 5.91 Å². The number of anilines is 1. The van der Waals surface area contributed by atoms with Crippen LogP contribution in [0, 0.1) is 19.8 Å². The van der Waals surface area contributed by atoms with Crippen LogP contribution in [-0.2, 0) is 9.59 Å². The van der Waals surface area contributed by atoms with Gasteiger partial charge in [0.15, 0.2) is 5.78 Å². The van der Waals surface area contributed by atoms with Crippen LogP contribution in [0.15, 0.2) is 42.5 Å². The van der Waals surface area contributed by atoms with Crippen LogP contribution in [0.5, 0.6) is 5.75 Å². The molecule has 0 radical (unpaired) electrons. The first-order valence-electron chi connectivity index (χ1n) is 8.56. The number of hydrogen-bond donors (Lipinski definition) is 0. The van der Waals surface area contributed by atoms with Crippen molar-refractivity contribution in [2.45, 2.75) is 27.2 Å². The van der Waals surface area contributed by atoms with Crippen LogP contribution >= 0.6 is 0 Å². The van der Waals surface area contributed by atoms with E-state index in [1.807, 2.05) is 32.0 Å². The SMILES string of the molecule is CC(=O)c1ccccc1OC(=O)[C@@H]1CC(=O)N(c2cc(C)ccc2C)C1. The van der Waals surface area contributed by atoms with Crippen LogP contribution in [0.25, 0.3) is 0 Å². The Bertz CT molecular complexity index is 887. The molecule has 134 valence electrons. The molecule has 1 aliphatic heterocycles. The van der Waals surface area contributed by atoms with Gasteiger partial charge in [0.05, 0.1) is 11.5 Å². The highest BCUT2D eigenvalue weighted by atomic mass is 16.5. The number of rotatable bonds is 4. The molecule has 5 nitrogen and oxygen atoms in total. The second kappa shape index (κ2) is 7.12. The summed E-state index contributed by atoms with van der Waals surface area (Å²) >= 11 is 0. The lowest BCUT2D eigenvalue weighted by molar-refractivity contribution is -0.139. The van der Waals surface area contributed by atoms with Crippen LogP contribution < -0.4 is 9.64 Å². The summed E-state index contributed by atoms with van der Waals surface area (Å²) in [6.45, 7) is 5.61. The third kappa shape index (κ3) is 3.52. The highest BCUT2D eigenvalue weighted by Crippen LogP contribution is 2.30. The molecule has 0 N–H and O–H groups in total. The van der Waals surface area contributed by atoms with Gasteiger partial charge < -0.3 is 9.64 Å². The average molecular weight is 351 g/mol. The molecule has 1 aliphatic rings. The summed E-state index contributed by atoms with van der Waals surface area (Å²) < 4.78 is 5.44. The molecule has 0 aliphatic carbocycles. The van der Waals surface area contributed by atoms with E-state index in [0.29, 0.717) is 5.56 Å². The van der Waals surface area contributed by atoms with E-state index in [4.69, 9.17) is 4.74 Å². The molecule has 0 aromatic heterocycles. The zero-order valence-electron chi connectivity index (χ0n) is 15.1. The van der Waals surface area contributed by atoms with Gasteiger partial charge in [-0.2, -0.15) is 0 Å². The molecule has 0 unspecified atom stereocenters. The summed E-state index contributed by atoms with van der Waals surface area (Å²) in [6.07, 6.45) is 0.106. The molecule has 2 aromatic rings. The van der Waals surface area contributed by atoms with Gasteiger partial charge in [-0.05, 0) is 50.1 Å². The number of ketones is 1. The molecule has 1 saturated heterocycles. The molecule has 1 amide bonds. The zero-order valence-corrected chi connectivity index (χ0v) is 15.1. The van der Waals surface area contributed by atoms with E-state index in [9.17, 15) is 14.4 Å². The van der Waals surface area contributed by atoms with Crippen LogP contribution in [0.4, 0.5) is 5.69 Å². The Labute approximate surface area is 152 Å². The van der Waals surface area contributed by atoms with Crippen molar-refractivity contribution in [2.24, 2.45) is 5.92 Å². The number of aryl methyl sites for hydroxylation is 2. The first-order valence-corrected chi connectivity index (χ1v) is 8.56. The Morgan fingerprint density at radius 2 is 1.85 bits per heavy atom. The lowest BCUT2D eigenvalue weighted by atomic mass is 10.1. The van der Waals surface area contributed by atoms with Crippen molar-refractivity contribution in [3.8, 4) is 5.75 Å². The van der Waals surface area contributed by atoms with Crippen molar-refractivity contribution in [3.05, 3.63) is 59.2 Å². The van der Waals surface area contributed by atoms with Crippen LogP contribution in [0.2, 0.25) is 0 Å². The van der Waals surface area contributed by atoms with Gasteiger partial charge in [0.1, 0.15) is 5.75 Å². The molecular weight excluding hydrogens is 330 g/mol. The van der Waals surface area contributed by atoms with E-state index in [1.165, 1.54) is 6.92 Å². The summed E-state index contributed by atoms with van der Waals surface area (Å²) in [5, 5.41) is 0. The van der Waals surface area contributed by atoms with Crippen molar-refractivity contribution < 1.29 is 19.1 Å². The molecule has 5 heteroatoms. The monoisotopic (exact) mass is 351 g/mol. The second-order valence-electron chi connectivity index (χ2n) is 6.67. The van der Waals surface area contributed by atoms with Crippen molar-refractivity contribution in [2.75, 3.05) is 11.4 Å². The van der Waals surface area contributed by atoms with Gasteiger partial charge >= 0.3 is 5.97 Å². The lowest BCUT2D eigenvalue weighted by Gasteiger charge is -2.19. The molecule has 1 fully saturated rings. The molecule has 1 atom stereocenters. The van der Waals surface area contributed by atoms with Gasteiger partial charge in [0.25, 0.3) is 0 Å². The molecular formula is C21H21NO4. The van der Waals surface area contributed by atoms with E-state index in [-0.39, 0.29) is 30.4 Å². The van der Waals surface area contributed by atoms with Gasteiger partial charge in [-0.1, -0.05) is 24.3 Å². The predicted octanol–water partition coefficient (Wildman–Crippen LogP) is 3.46. The maximum Gasteiger partial charge on any atom is 0.316 e. The fourth-order valence-corrected chi connectivity index (χ4v) is 3.15. The quantitative estimate of drug-likeness (QED) is 0.481. The number of Topliss-reactive ketones (excluding diaryl/α,β-unsaturated/α-hetero) is 1. The van der Waals surface area contributed by atoms with E-state index < -0.39 is 11.9 Å². The molecule has 1 heterocycles. The number of nitrogens with zero attached hydrogens (tertiary/aromatic N) is 1. The van der Waals surface area contributed by atoms with E-state index >= 15 is 0 Å². The summed E-state index contributed by atoms with van der Waals surface area (Å²) in [7, 11) is 0. The minimum Gasteiger partial charge on any atom is -0.425 e. The fourth-order valence-electron chi connectivity index (χ4n) is 3.15. The van der Waals surface area contributed by atoms with Crippen molar-refractivity contribution in [1.29, 1.82) is 0 Å². The predicted molar refractivity (Wildman–Crippen MR) is 98.5 cm³/mol. The standard InChI is InChI=1S/C21H21NO4/c1-13-8-9-14(2)18(10-13)22-12-16(11-20(22)24)21(25)26-19-7-5-4-6-17(19)15(3)23/h4-10,16H,11-12H2,1-3H3/t16-/m1/s1. The number of hydrogen-bond acceptors (Lipinski definition) is 4. The number of esters is 1. The number of para-hydroxylation sites is 1. The Balaban J connectivity index is 1.78. The van der Waals surface area contributed by atoms with Crippen molar-refractivity contribution in [1.82, 2.24) is 0 Å². The van der Waals surface area contributed by atoms with Crippen LogP contribution in [0.3, 0.4) is 0 Å². The molecule has 3 rings (SSSR count). The molecule has 0 spiro atoms. The maximum atomic E-state index is 12.6. The van der Waals surface area contributed by atoms with E-state index in [2.05, 4.69) is 0 Å². The highest BCUT2D eigenvalue weighted by Gasteiger charge is 2.37. The Kier molecular flexibility index (Phi) is 4.89. The molecule has 0 bridgehead atoms. The Morgan fingerprint density at radius 3 is 2.58 bits per heavy atom. The van der Waals surface area contributed by atoms with Crippen molar-refractivity contribution in [3.63, 3.8) is 0 Å². The minimum absolute atomic E-state index is 0.0968. The third-order valence-electron chi connectivity index (χ3n) is 4.59. The van der Waals surface area contributed by atoms with Gasteiger partial charge in [-0.25, -0.2) is 0 Å². The molecule has 26 heavy (non-hydrogen) atoms. The Morgan fingerprint density at radius 1 is 1.12 bits per heavy atom. The number of carbonyl (C=O) groups excluding carboxylic acids is 3. The fraction of sp³-hybridized carbons (Fsp3) is 0.286. The molecule has 2 aromatic carbocycles. The van der Waals surface area contributed by atoms with Crippen LogP contribution in [-0.4, -0.2) is 24.2 Å². The smallest absolute Gasteiger partial charge is 0.316 e. The van der Waals surface area contributed by atoms with Gasteiger partial charge in [-0.3, -0.25) is 14.4 Å². The van der Waals surface area contributed by atoms with Crippen molar-refractivity contribution >= 4 is 23.3 Å². The third-order valence-corrected chi connectivity index (χ3v) is 4.59. The van der Waals surface area contributed by atoms with E-state index in [0.717, 1.165) is 16.8 Å². The summed E-state index contributed by atoms with van der Waals surface area (Å²) in [5.41, 5.74) is 3.23. The largest absolute Gasteiger partial charge is 0.425 e. The highest BCUT2D eigenvalue weighted by molar-refractivity contribution is 6.01. The number of benzene rings is 2. The first kappa shape index (κ1) is 17.9. The molecule has 0 saturated carbocycles. The lowest BCUT2D eigenvalue weighted by Crippen LogP contribution is -2.28. The number of carbonyl (C=O) groups is 3. The average Bonchev–Trinajstić information content (AvgIpc) is 2.99. The zero-order chi connectivity index (χ0) is 18.8. The Hall–Kier alpha value is -2.95. The van der Waals surface area contributed by atoms with Gasteiger partial charge in [0, 0.05) is 18.7 Å². The normalized spacial score (nSPS) is 16.7. The topological polar surface area (TPSA) is 63.7 Å². The van der Waals surface area contributed by atoms with Gasteiger partial charge in [-0.15, -0.1) is 0 Å². The first-order chi connectivity index (χ1) is 12.4. The second-order valence-corrected chi connectivity index (χ2v) is 6.67. The maximum absolute atomic E-state index is 12.6.